The van der Waals surface area contributed by atoms with E-state index in [1.807, 2.05) is 35.2 Å². The number of hydrogen-bond donors (Lipinski definition) is 0. The van der Waals surface area contributed by atoms with E-state index in [9.17, 15) is 14.9 Å². The first-order valence-electron chi connectivity index (χ1n) is 10.1. The van der Waals surface area contributed by atoms with Gasteiger partial charge in [-0.2, -0.15) is 4.68 Å². The highest BCUT2D eigenvalue weighted by molar-refractivity contribution is 5.91. The number of benzene rings is 2. The highest BCUT2D eigenvalue weighted by Gasteiger charge is 2.25. The number of tetrazole rings is 1. The van der Waals surface area contributed by atoms with Gasteiger partial charge in [0.05, 0.1) is 16.2 Å². The Morgan fingerprint density at radius 3 is 2.65 bits per heavy atom. The van der Waals surface area contributed by atoms with Gasteiger partial charge in [0, 0.05) is 19.2 Å². The highest BCUT2D eigenvalue weighted by Crippen LogP contribution is 2.32. The van der Waals surface area contributed by atoms with Crippen LogP contribution in [0.15, 0.2) is 48.5 Å². The number of ether oxygens (including phenoxy) is 1. The molecule has 0 aliphatic carbocycles. The third kappa shape index (κ3) is 4.52. The van der Waals surface area contributed by atoms with E-state index in [0.717, 1.165) is 31.6 Å². The molecule has 31 heavy (non-hydrogen) atoms. The average molecular weight is 422 g/mol. The van der Waals surface area contributed by atoms with Crippen molar-refractivity contribution in [1.82, 2.24) is 20.2 Å². The molecule has 2 aromatic carbocycles. The van der Waals surface area contributed by atoms with E-state index in [2.05, 4.69) is 22.4 Å². The fourth-order valence-corrected chi connectivity index (χ4v) is 3.59. The highest BCUT2D eigenvalue weighted by atomic mass is 16.6. The minimum absolute atomic E-state index is 0.0990. The number of nitrogens with zero attached hydrogens (tertiary/aromatic N) is 6. The standard InChI is InChI=1S/C21H22N6O4/c1-15-9-11-25(12-10-15)18-8-7-16(13-19(18)27(29)30)21(28)31-14-20-22-23-24-26(20)17-5-3-2-4-6-17/h2-8,13,15H,9-12,14H2,1H3. The van der Waals surface area contributed by atoms with Crippen LogP contribution < -0.4 is 4.90 Å². The summed E-state index contributed by atoms with van der Waals surface area (Å²) in [6.45, 7) is 3.53. The first-order valence-corrected chi connectivity index (χ1v) is 10.1. The lowest BCUT2D eigenvalue weighted by Crippen LogP contribution is -2.33. The van der Waals surface area contributed by atoms with E-state index in [0.29, 0.717) is 17.4 Å². The third-order valence-electron chi connectivity index (χ3n) is 5.40. The number of hydrogen-bond acceptors (Lipinski definition) is 8. The van der Waals surface area contributed by atoms with E-state index in [1.165, 1.54) is 10.7 Å². The average Bonchev–Trinajstić information content (AvgIpc) is 3.27. The number of anilines is 1. The maximum absolute atomic E-state index is 12.6. The lowest BCUT2D eigenvalue weighted by atomic mass is 9.98. The number of para-hydroxylation sites is 1. The lowest BCUT2D eigenvalue weighted by molar-refractivity contribution is -0.384. The zero-order chi connectivity index (χ0) is 21.8. The van der Waals surface area contributed by atoms with E-state index in [-0.39, 0.29) is 17.9 Å². The molecular formula is C21H22N6O4. The number of aromatic nitrogens is 4. The minimum atomic E-state index is -0.676. The zero-order valence-corrected chi connectivity index (χ0v) is 17.0. The van der Waals surface area contributed by atoms with Crippen molar-refractivity contribution in [3.8, 4) is 5.69 Å². The van der Waals surface area contributed by atoms with E-state index in [4.69, 9.17) is 4.74 Å². The summed E-state index contributed by atoms with van der Waals surface area (Å²) in [6, 6.07) is 13.7. The van der Waals surface area contributed by atoms with Gasteiger partial charge in [0.2, 0.25) is 0 Å². The second kappa shape index (κ2) is 8.90. The fourth-order valence-electron chi connectivity index (χ4n) is 3.59. The van der Waals surface area contributed by atoms with Crippen molar-refractivity contribution in [2.45, 2.75) is 26.4 Å². The van der Waals surface area contributed by atoms with Crippen LogP contribution in [0.1, 0.15) is 35.9 Å². The van der Waals surface area contributed by atoms with Gasteiger partial charge in [-0.3, -0.25) is 10.1 Å². The SMILES string of the molecule is CC1CCN(c2ccc(C(=O)OCc3nnnn3-c3ccccc3)cc2[N+](=O)[O-])CC1. The van der Waals surface area contributed by atoms with Gasteiger partial charge >= 0.3 is 5.97 Å². The topological polar surface area (TPSA) is 116 Å². The van der Waals surface area contributed by atoms with Crippen molar-refractivity contribution in [2.75, 3.05) is 18.0 Å². The number of piperidine rings is 1. The van der Waals surface area contributed by atoms with Crippen LogP contribution in [0.5, 0.6) is 0 Å². The maximum atomic E-state index is 12.6. The summed E-state index contributed by atoms with van der Waals surface area (Å²) in [6.07, 6.45) is 1.97. The minimum Gasteiger partial charge on any atom is -0.454 e. The molecule has 160 valence electrons. The number of esters is 1. The van der Waals surface area contributed by atoms with Gasteiger partial charge in [-0.25, -0.2) is 4.79 Å². The van der Waals surface area contributed by atoms with Crippen molar-refractivity contribution < 1.29 is 14.5 Å². The predicted molar refractivity (Wildman–Crippen MR) is 112 cm³/mol. The van der Waals surface area contributed by atoms with Crippen molar-refractivity contribution >= 4 is 17.3 Å². The van der Waals surface area contributed by atoms with E-state index >= 15 is 0 Å². The molecular weight excluding hydrogens is 400 g/mol. The van der Waals surface area contributed by atoms with Crippen LogP contribution in [-0.4, -0.2) is 44.2 Å². The Hall–Kier alpha value is -3.82. The first-order chi connectivity index (χ1) is 15.0. The number of carbonyl (C=O) groups excluding carboxylic acids is 1. The molecule has 1 saturated heterocycles. The normalized spacial score (nSPS) is 14.4. The first kappa shape index (κ1) is 20.5. The third-order valence-corrected chi connectivity index (χ3v) is 5.40. The largest absolute Gasteiger partial charge is 0.454 e. The van der Waals surface area contributed by atoms with Crippen LogP contribution in [0.4, 0.5) is 11.4 Å². The summed E-state index contributed by atoms with van der Waals surface area (Å²) in [4.78, 5) is 25.7. The Kier molecular flexibility index (Phi) is 5.87. The molecule has 0 saturated carbocycles. The maximum Gasteiger partial charge on any atom is 0.338 e. The van der Waals surface area contributed by atoms with Gasteiger partial charge in [0.25, 0.3) is 5.69 Å². The monoisotopic (exact) mass is 422 g/mol. The molecule has 2 heterocycles. The summed E-state index contributed by atoms with van der Waals surface area (Å²) < 4.78 is 6.80. The summed E-state index contributed by atoms with van der Waals surface area (Å²) >= 11 is 0. The molecule has 10 nitrogen and oxygen atoms in total. The van der Waals surface area contributed by atoms with E-state index in [1.54, 1.807) is 12.1 Å². The fraction of sp³-hybridized carbons (Fsp3) is 0.333. The quantitative estimate of drug-likeness (QED) is 0.338. The molecule has 0 atom stereocenters. The zero-order valence-electron chi connectivity index (χ0n) is 17.0. The number of carbonyl (C=O) groups is 1. The molecule has 1 aliphatic heterocycles. The Balaban J connectivity index is 1.49. The van der Waals surface area contributed by atoms with Crippen molar-refractivity contribution in [2.24, 2.45) is 5.92 Å². The smallest absolute Gasteiger partial charge is 0.338 e. The van der Waals surface area contributed by atoms with Crippen LogP contribution in [0.25, 0.3) is 5.69 Å². The predicted octanol–water partition coefficient (Wildman–Crippen LogP) is 3.16. The summed E-state index contributed by atoms with van der Waals surface area (Å²) in [5.74, 6) is 0.273. The Bertz CT molecular complexity index is 1080. The molecule has 0 N–H and O–H groups in total. The van der Waals surface area contributed by atoms with Crippen LogP contribution in [0.2, 0.25) is 0 Å². The van der Waals surface area contributed by atoms with Crippen LogP contribution >= 0.6 is 0 Å². The second-order valence-corrected chi connectivity index (χ2v) is 7.55. The van der Waals surface area contributed by atoms with Crippen LogP contribution in [0, 0.1) is 16.0 Å². The van der Waals surface area contributed by atoms with Crippen molar-refractivity contribution in [3.63, 3.8) is 0 Å². The molecule has 0 amide bonds. The van der Waals surface area contributed by atoms with Gasteiger partial charge in [0.1, 0.15) is 5.69 Å². The van der Waals surface area contributed by atoms with Gasteiger partial charge in [0.15, 0.2) is 12.4 Å². The second-order valence-electron chi connectivity index (χ2n) is 7.55. The molecule has 3 aromatic rings. The molecule has 1 fully saturated rings. The summed E-state index contributed by atoms with van der Waals surface area (Å²) in [7, 11) is 0. The summed E-state index contributed by atoms with van der Waals surface area (Å²) in [5.41, 5.74) is 1.27. The molecule has 0 unspecified atom stereocenters. The number of nitro benzene ring substituents is 1. The van der Waals surface area contributed by atoms with Crippen LogP contribution in [-0.2, 0) is 11.3 Å². The van der Waals surface area contributed by atoms with E-state index < -0.39 is 10.9 Å². The summed E-state index contributed by atoms with van der Waals surface area (Å²) in [5, 5.41) is 23.1. The molecule has 1 aromatic heterocycles. The number of rotatable bonds is 6. The number of nitro groups is 1. The molecule has 1 aliphatic rings. The van der Waals surface area contributed by atoms with Crippen LogP contribution in [0.3, 0.4) is 0 Å². The van der Waals surface area contributed by atoms with Crippen molar-refractivity contribution in [3.05, 3.63) is 70.0 Å². The molecule has 0 bridgehead atoms. The molecule has 0 radical (unpaired) electrons. The Morgan fingerprint density at radius 1 is 1.19 bits per heavy atom. The molecule has 10 heteroatoms. The Morgan fingerprint density at radius 2 is 1.94 bits per heavy atom. The van der Waals surface area contributed by atoms with Gasteiger partial charge in [-0.1, -0.05) is 25.1 Å². The molecule has 0 spiro atoms. The van der Waals surface area contributed by atoms with Crippen molar-refractivity contribution in [1.29, 1.82) is 0 Å². The van der Waals surface area contributed by atoms with Gasteiger partial charge in [-0.15, -0.1) is 5.10 Å². The Labute approximate surface area is 178 Å². The van der Waals surface area contributed by atoms with Gasteiger partial charge < -0.3 is 9.64 Å². The lowest BCUT2D eigenvalue weighted by Gasteiger charge is -2.31. The molecule has 4 rings (SSSR count). The van der Waals surface area contributed by atoms with Gasteiger partial charge in [-0.05, 0) is 53.5 Å².